The van der Waals surface area contributed by atoms with Crippen LogP contribution in [0.3, 0.4) is 0 Å². The van der Waals surface area contributed by atoms with Gasteiger partial charge in [0.25, 0.3) is 0 Å². The number of thiol groups is 1. The van der Waals surface area contributed by atoms with Crippen LogP contribution in [0, 0.1) is 12.7 Å². The zero-order chi connectivity index (χ0) is 16.8. The third-order valence-electron chi connectivity index (χ3n) is 3.37. The number of rotatable bonds is 6. The fourth-order valence-corrected chi connectivity index (χ4v) is 2.38. The first kappa shape index (κ1) is 17.3. The summed E-state index contributed by atoms with van der Waals surface area (Å²) in [6.07, 6.45) is 0.276. The molecule has 0 radical (unpaired) electrons. The second kappa shape index (κ2) is 8.02. The van der Waals surface area contributed by atoms with E-state index in [4.69, 9.17) is 9.47 Å². The summed E-state index contributed by atoms with van der Waals surface area (Å²) in [5.41, 5.74) is 2.40. The summed E-state index contributed by atoms with van der Waals surface area (Å²) < 4.78 is 24.8. The highest BCUT2D eigenvalue weighted by atomic mass is 32.1. The van der Waals surface area contributed by atoms with E-state index < -0.39 is 5.82 Å². The molecule has 0 spiro atoms. The molecule has 0 N–H and O–H groups in total. The lowest BCUT2D eigenvalue weighted by molar-refractivity contribution is -0.134. The van der Waals surface area contributed by atoms with Gasteiger partial charge in [-0.15, -0.1) is 0 Å². The summed E-state index contributed by atoms with van der Waals surface area (Å²) in [4.78, 5) is 11.6. The highest BCUT2D eigenvalue weighted by molar-refractivity contribution is 7.79. The highest BCUT2D eigenvalue weighted by Crippen LogP contribution is 2.27. The predicted octanol–water partition coefficient (Wildman–Crippen LogP) is 4.46. The first-order chi connectivity index (χ1) is 11.0. The van der Waals surface area contributed by atoms with Gasteiger partial charge < -0.3 is 9.47 Å². The normalized spacial score (nSPS) is 10.4. The van der Waals surface area contributed by atoms with Crippen molar-refractivity contribution in [2.24, 2.45) is 0 Å². The molecule has 0 bridgehead atoms. The Labute approximate surface area is 140 Å². The molecule has 0 fully saturated rings. The molecule has 122 valence electrons. The van der Waals surface area contributed by atoms with Crippen LogP contribution in [0.4, 0.5) is 4.39 Å². The van der Waals surface area contributed by atoms with Crippen LogP contribution in [0.15, 0.2) is 36.4 Å². The topological polar surface area (TPSA) is 35.5 Å². The van der Waals surface area contributed by atoms with Crippen LogP contribution in [0.2, 0.25) is 0 Å². The summed E-state index contributed by atoms with van der Waals surface area (Å²) in [5, 5.41) is 0. The van der Waals surface area contributed by atoms with Crippen LogP contribution >= 0.6 is 12.6 Å². The molecule has 2 aromatic rings. The fourth-order valence-electron chi connectivity index (χ4n) is 2.09. The Balaban J connectivity index is 2.24. The fraction of sp³-hybridized carbons (Fsp3) is 0.278. The highest BCUT2D eigenvalue weighted by Gasteiger charge is 2.13. The molecule has 0 aromatic heterocycles. The number of carbonyl (C=O) groups excluding carboxylic acids is 1. The molecule has 23 heavy (non-hydrogen) atoms. The van der Waals surface area contributed by atoms with Crippen molar-refractivity contribution in [3.8, 4) is 11.5 Å². The van der Waals surface area contributed by atoms with E-state index >= 15 is 0 Å². The third kappa shape index (κ3) is 4.48. The van der Waals surface area contributed by atoms with E-state index in [1.54, 1.807) is 31.2 Å². The van der Waals surface area contributed by atoms with Gasteiger partial charge in [-0.05, 0) is 36.2 Å². The number of hydrogen-bond acceptors (Lipinski definition) is 4. The van der Waals surface area contributed by atoms with Gasteiger partial charge in [0.05, 0.1) is 0 Å². The van der Waals surface area contributed by atoms with Crippen molar-refractivity contribution >= 4 is 18.6 Å². The van der Waals surface area contributed by atoms with E-state index in [9.17, 15) is 9.18 Å². The number of aryl methyl sites for hydroxylation is 1. The predicted molar refractivity (Wildman–Crippen MR) is 90.5 cm³/mol. The molecule has 0 aliphatic heterocycles. The minimum atomic E-state index is -0.416. The quantitative estimate of drug-likeness (QED) is 0.481. The lowest BCUT2D eigenvalue weighted by atomic mass is 10.1. The molecular formula is C18H19FO3S. The number of carbonyl (C=O) groups is 1. The van der Waals surface area contributed by atoms with Gasteiger partial charge in [0.1, 0.15) is 12.4 Å². The first-order valence-corrected chi connectivity index (χ1v) is 7.99. The second-order valence-corrected chi connectivity index (χ2v) is 5.42. The molecule has 0 unspecified atom stereocenters. The average Bonchev–Trinajstić information content (AvgIpc) is 2.54. The summed E-state index contributed by atoms with van der Waals surface area (Å²) in [5.74, 6) is 0.310. The van der Waals surface area contributed by atoms with E-state index in [-0.39, 0.29) is 24.7 Å². The Bertz CT molecular complexity index is 701. The molecule has 0 saturated carbocycles. The van der Waals surface area contributed by atoms with Crippen LogP contribution < -0.4 is 9.47 Å². The Hall–Kier alpha value is -2.01. The largest absolute Gasteiger partial charge is 0.486 e. The minimum absolute atomic E-state index is 0.100. The van der Waals surface area contributed by atoms with Crippen LogP contribution in [0.25, 0.3) is 0 Å². The zero-order valence-electron chi connectivity index (χ0n) is 13.1. The number of halogens is 1. The maximum Gasteiger partial charge on any atom is 0.310 e. The smallest absolute Gasteiger partial charge is 0.310 e. The van der Waals surface area contributed by atoms with E-state index in [1.807, 2.05) is 13.0 Å². The van der Waals surface area contributed by atoms with Crippen molar-refractivity contribution in [1.29, 1.82) is 0 Å². The Kier molecular flexibility index (Phi) is 6.04. The van der Waals surface area contributed by atoms with Crippen molar-refractivity contribution in [1.82, 2.24) is 0 Å². The number of esters is 1. The Morgan fingerprint density at radius 1 is 1.22 bits per heavy atom. The molecule has 0 heterocycles. The third-order valence-corrected chi connectivity index (χ3v) is 3.71. The van der Waals surface area contributed by atoms with E-state index in [2.05, 4.69) is 12.6 Å². The minimum Gasteiger partial charge on any atom is -0.486 e. The van der Waals surface area contributed by atoms with Gasteiger partial charge in [-0.3, -0.25) is 4.79 Å². The molecule has 0 atom stereocenters. The number of hydrogen-bond donors (Lipinski definition) is 1. The van der Waals surface area contributed by atoms with E-state index in [1.165, 1.54) is 6.07 Å². The molecule has 0 saturated heterocycles. The molecule has 0 aliphatic carbocycles. The van der Waals surface area contributed by atoms with Crippen LogP contribution in [0.5, 0.6) is 11.5 Å². The van der Waals surface area contributed by atoms with Crippen LogP contribution in [-0.2, 0) is 17.2 Å². The first-order valence-electron chi connectivity index (χ1n) is 7.36. The molecule has 2 aromatic carbocycles. The van der Waals surface area contributed by atoms with Gasteiger partial charge in [0.2, 0.25) is 0 Å². The van der Waals surface area contributed by atoms with Gasteiger partial charge >= 0.3 is 5.97 Å². The molecule has 5 heteroatoms. The van der Waals surface area contributed by atoms with Gasteiger partial charge in [-0.25, -0.2) is 4.39 Å². The van der Waals surface area contributed by atoms with E-state index in [0.29, 0.717) is 17.1 Å². The summed E-state index contributed by atoms with van der Waals surface area (Å²) in [6.45, 7) is 3.64. The van der Waals surface area contributed by atoms with Crippen molar-refractivity contribution in [3.63, 3.8) is 0 Å². The van der Waals surface area contributed by atoms with Crippen molar-refractivity contribution in [3.05, 3.63) is 58.9 Å². The van der Waals surface area contributed by atoms with Crippen molar-refractivity contribution < 1.29 is 18.7 Å². The number of ether oxygens (including phenoxy) is 2. The molecule has 2 rings (SSSR count). The SMILES string of the molecule is CCC(=O)Oc1cccc(CS)c1COc1ccc(C)cc1F. The summed E-state index contributed by atoms with van der Waals surface area (Å²) >= 11 is 4.28. The summed E-state index contributed by atoms with van der Waals surface area (Å²) in [7, 11) is 0. The molecular weight excluding hydrogens is 315 g/mol. The van der Waals surface area contributed by atoms with Crippen molar-refractivity contribution in [2.75, 3.05) is 0 Å². The van der Waals surface area contributed by atoms with Gasteiger partial charge in [-0.1, -0.05) is 25.1 Å². The van der Waals surface area contributed by atoms with Crippen molar-refractivity contribution in [2.45, 2.75) is 32.6 Å². The lowest BCUT2D eigenvalue weighted by Crippen LogP contribution is -2.10. The maximum atomic E-state index is 13.9. The van der Waals surface area contributed by atoms with Crippen LogP contribution in [0.1, 0.15) is 30.0 Å². The second-order valence-electron chi connectivity index (χ2n) is 5.10. The number of benzene rings is 2. The average molecular weight is 334 g/mol. The van der Waals surface area contributed by atoms with Gasteiger partial charge in [-0.2, -0.15) is 12.6 Å². The van der Waals surface area contributed by atoms with Gasteiger partial charge in [0, 0.05) is 17.7 Å². The summed E-state index contributed by atoms with van der Waals surface area (Å²) in [6, 6.07) is 10.1. The monoisotopic (exact) mass is 334 g/mol. The standard InChI is InChI=1S/C18H19FO3S/c1-3-18(20)22-16-6-4-5-13(11-23)14(16)10-21-17-8-7-12(2)9-15(17)19/h4-9,23H,3,10-11H2,1-2H3. The van der Waals surface area contributed by atoms with E-state index in [0.717, 1.165) is 11.1 Å². The Morgan fingerprint density at radius 2 is 2.00 bits per heavy atom. The van der Waals surface area contributed by atoms with Gasteiger partial charge in [0.15, 0.2) is 11.6 Å². The maximum absolute atomic E-state index is 13.9. The lowest BCUT2D eigenvalue weighted by Gasteiger charge is -2.15. The Morgan fingerprint density at radius 3 is 2.65 bits per heavy atom. The molecule has 0 amide bonds. The zero-order valence-corrected chi connectivity index (χ0v) is 14.0. The molecule has 3 nitrogen and oxygen atoms in total. The van der Waals surface area contributed by atoms with Crippen LogP contribution in [-0.4, -0.2) is 5.97 Å². The molecule has 0 aliphatic rings.